The van der Waals surface area contributed by atoms with Crippen LogP contribution in [0.1, 0.15) is 276 Å². The lowest BCUT2D eigenvalue weighted by atomic mass is 10.0. The molecule has 0 aliphatic heterocycles. The smallest absolute Gasteiger partial charge is 0.00858 e. The van der Waals surface area contributed by atoms with Gasteiger partial charge in [-0.05, 0) is 55.0 Å². The molecule has 0 unspecified atom stereocenters. The molecule has 311 valence electrons. The Morgan fingerprint density at radius 2 is 0.472 bits per heavy atom. The van der Waals surface area contributed by atoms with E-state index in [0.717, 1.165) is 0 Å². The third kappa shape index (κ3) is 38.6. The molecule has 0 saturated heterocycles. The maximum Gasteiger partial charge on any atom is 0.00858 e. The highest BCUT2D eigenvalue weighted by atomic mass is 32.2. The molecule has 0 fully saturated rings. The van der Waals surface area contributed by atoms with Crippen LogP contribution >= 0.6 is 23.5 Å². The van der Waals surface area contributed by atoms with Crippen LogP contribution in [-0.4, -0.2) is 11.5 Å². The van der Waals surface area contributed by atoms with Gasteiger partial charge in [0, 0.05) is 9.79 Å². The van der Waals surface area contributed by atoms with E-state index in [2.05, 4.69) is 62.5 Å². The summed E-state index contributed by atoms with van der Waals surface area (Å²) in [7, 11) is 0. The predicted molar refractivity (Wildman–Crippen MR) is 248 cm³/mol. The Morgan fingerprint density at radius 3 is 0.679 bits per heavy atom. The van der Waals surface area contributed by atoms with Gasteiger partial charge in [0.05, 0.1) is 0 Å². The second-order valence-corrected chi connectivity index (χ2v) is 19.3. The Hall–Kier alpha value is -0.0800. The van der Waals surface area contributed by atoms with Gasteiger partial charge in [-0.1, -0.05) is 258 Å². The van der Waals surface area contributed by atoms with Crippen LogP contribution in [0.3, 0.4) is 0 Å². The third-order valence-corrected chi connectivity index (χ3v) is 13.6. The number of unbranched alkanes of at least 4 members (excludes halogenated alkanes) is 38. The Labute approximate surface area is 344 Å². The van der Waals surface area contributed by atoms with Gasteiger partial charge in [0.2, 0.25) is 0 Å². The summed E-state index contributed by atoms with van der Waals surface area (Å²) >= 11 is 4.11. The van der Waals surface area contributed by atoms with Crippen LogP contribution in [0.25, 0.3) is 0 Å². The van der Waals surface area contributed by atoms with Crippen molar-refractivity contribution in [2.45, 2.75) is 280 Å². The summed E-state index contributed by atoms with van der Waals surface area (Å²) in [5, 5.41) is 0. The second kappa shape index (κ2) is 43.1. The molecule has 0 aliphatic rings. The quantitative estimate of drug-likeness (QED) is 0.0479. The van der Waals surface area contributed by atoms with Crippen molar-refractivity contribution in [2.75, 3.05) is 11.5 Å². The molecule has 1 radical (unpaired) electrons. The van der Waals surface area contributed by atoms with Crippen LogP contribution in [0.2, 0.25) is 0 Å². The first kappa shape index (κ1) is 50.9. The molecule has 0 aromatic heterocycles. The van der Waals surface area contributed by atoms with Crippen LogP contribution < -0.4 is 0 Å². The van der Waals surface area contributed by atoms with E-state index in [0.29, 0.717) is 0 Å². The highest BCUT2D eigenvalue weighted by molar-refractivity contribution is 8.00. The minimum absolute atomic E-state index is 1.18. The minimum atomic E-state index is 1.18. The molecule has 0 spiro atoms. The van der Waals surface area contributed by atoms with Gasteiger partial charge in [-0.3, -0.25) is 0 Å². The van der Waals surface area contributed by atoms with Crippen molar-refractivity contribution in [1.29, 1.82) is 0 Å². The molecular weight excluding hydrogens is 677 g/mol. The molecule has 0 bridgehead atoms. The SMILES string of the molecule is [CH2]c1cc(SCCCCCCCCCCCCCCCCCCCCCC)cc(SCCCCCCCCCCCCCCCCCCCCCC)c1. The Bertz CT molecular complexity index is 769. The van der Waals surface area contributed by atoms with Gasteiger partial charge < -0.3 is 0 Å². The molecule has 1 aromatic rings. The van der Waals surface area contributed by atoms with E-state index in [1.807, 2.05) is 0 Å². The van der Waals surface area contributed by atoms with E-state index < -0.39 is 0 Å². The average Bonchev–Trinajstić information content (AvgIpc) is 3.16. The number of hydrogen-bond acceptors (Lipinski definition) is 2. The lowest BCUT2D eigenvalue weighted by Crippen LogP contribution is -1.87. The predicted octanol–water partition coefficient (Wildman–Crippen LogP) is 19.7. The van der Waals surface area contributed by atoms with Gasteiger partial charge in [0.1, 0.15) is 0 Å². The summed E-state index contributed by atoms with van der Waals surface area (Å²) in [5.41, 5.74) is 1.18. The zero-order chi connectivity index (χ0) is 38.0. The Kier molecular flexibility index (Phi) is 41.4. The molecule has 0 aliphatic carbocycles. The van der Waals surface area contributed by atoms with Gasteiger partial charge in [-0.15, -0.1) is 23.5 Å². The standard InChI is InChI=1S/C51H95S2/c1-4-6-8-10-12-14-16-18-20-22-24-26-28-30-32-34-36-38-40-42-44-52-50-46-49(3)47-51(48-50)53-45-43-41-39-37-35-33-31-29-27-25-23-21-19-17-15-13-11-9-7-5-2/h46-48H,3-45H2,1-2H3. The molecule has 2 heteroatoms. The fourth-order valence-electron chi connectivity index (χ4n) is 7.89. The first-order chi connectivity index (χ1) is 26.3. The van der Waals surface area contributed by atoms with E-state index in [1.165, 1.54) is 284 Å². The van der Waals surface area contributed by atoms with E-state index in [9.17, 15) is 0 Å². The molecule has 0 nitrogen and oxygen atoms in total. The molecule has 0 heterocycles. The van der Waals surface area contributed by atoms with Crippen molar-refractivity contribution in [1.82, 2.24) is 0 Å². The molecule has 0 N–H and O–H groups in total. The second-order valence-electron chi connectivity index (χ2n) is 16.9. The van der Waals surface area contributed by atoms with Crippen molar-refractivity contribution < 1.29 is 0 Å². The maximum atomic E-state index is 4.29. The Balaban J connectivity index is 1.84. The van der Waals surface area contributed by atoms with Crippen molar-refractivity contribution in [3.63, 3.8) is 0 Å². The molecule has 0 saturated carbocycles. The van der Waals surface area contributed by atoms with Crippen molar-refractivity contribution in [3.05, 3.63) is 30.7 Å². The minimum Gasteiger partial charge on any atom is -0.126 e. The van der Waals surface area contributed by atoms with Crippen LogP contribution in [-0.2, 0) is 0 Å². The number of thioether (sulfide) groups is 2. The Morgan fingerprint density at radius 1 is 0.283 bits per heavy atom. The van der Waals surface area contributed by atoms with Crippen LogP contribution in [0.4, 0.5) is 0 Å². The topological polar surface area (TPSA) is 0 Å². The first-order valence-electron chi connectivity index (χ1n) is 24.5. The fourth-order valence-corrected chi connectivity index (χ4v) is 10.0. The molecule has 1 rings (SSSR count). The number of rotatable bonds is 44. The zero-order valence-electron chi connectivity index (χ0n) is 36.5. The van der Waals surface area contributed by atoms with Gasteiger partial charge in [-0.25, -0.2) is 0 Å². The van der Waals surface area contributed by atoms with Gasteiger partial charge in [0.25, 0.3) is 0 Å². The number of benzene rings is 1. The highest BCUT2D eigenvalue weighted by Crippen LogP contribution is 2.29. The van der Waals surface area contributed by atoms with E-state index in [-0.39, 0.29) is 0 Å². The molecular formula is C51H95S2. The van der Waals surface area contributed by atoms with E-state index in [1.54, 1.807) is 0 Å². The first-order valence-corrected chi connectivity index (χ1v) is 26.5. The fraction of sp³-hybridized carbons (Fsp3) is 0.863. The van der Waals surface area contributed by atoms with E-state index >= 15 is 0 Å². The van der Waals surface area contributed by atoms with Gasteiger partial charge in [0.15, 0.2) is 0 Å². The number of hydrogen-bond donors (Lipinski definition) is 0. The molecule has 0 amide bonds. The lowest BCUT2D eigenvalue weighted by molar-refractivity contribution is 0.523. The highest BCUT2D eigenvalue weighted by Gasteiger charge is 2.03. The molecule has 53 heavy (non-hydrogen) atoms. The van der Waals surface area contributed by atoms with Crippen molar-refractivity contribution in [3.8, 4) is 0 Å². The summed E-state index contributed by atoms with van der Waals surface area (Å²) in [6, 6.07) is 7.02. The summed E-state index contributed by atoms with van der Waals surface area (Å²) < 4.78 is 0. The molecule has 0 atom stereocenters. The monoisotopic (exact) mass is 772 g/mol. The maximum absolute atomic E-state index is 4.29. The molecule has 1 aromatic carbocycles. The largest absolute Gasteiger partial charge is 0.126 e. The van der Waals surface area contributed by atoms with Crippen LogP contribution in [0, 0.1) is 6.92 Å². The summed E-state index contributed by atoms with van der Waals surface area (Å²) in [5.74, 6) is 2.51. The van der Waals surface area contributed by atoms with Crippen LogP contribution in [0.5, 0.6) is 0 Å². The van der Waals surface area contributed by atoms with Crippen molar-refractivity contribution >= 4 is 23.5 Å². The van der Waals surface area contributed by atoms with Crippen LogP contribution in [0.15, 0.2) is 28.0 Å². The summed E-state index contributed by atoms with van der Waals surface area (Å²) in [4.78, 5) is 2.86. The van der Waals surface area contributed by atoms with Crippen molar-refractivity contribution in [2.24, 2.45) is 0 Å². The van der Waals surface area contributed by atoms with Gasteiger partial charge in [-0.2, -0.15) is 0 Å². The zero-order valence-corrected chi connectivity index (χ0v) is 38.1. The van der Waals surface area contributed by atoms with E-state index in [4.69, 9.17) is 0 Å². The normalized spacial score (nSPS) is 11.6. The average molecular weight is 772 g/mol. The van der Waals surface area contributed by atoms with Gasteiger partial charge >= 0.3 is 0 Å². The third-order valence-electron chi connectivity index (χ3n) is 11.5. The summed E-state index contributed by atoms with van der Waals surface area (Å²) in [6.45, 7) is 8.91. The lowest BCUT2D eigenvalue weighted by Gasteiger charge is -2.08. The summed E-state index contributed by atoms with van der Waals surface area (Å²) in [6.07, 6.45) is 58.1.